The quantitative estimate of drug-likeness (QED) is 0.664. The van der Waals surface area contributed by atoms with Gasteiger partial charge < -0.3 is 10.3 Å². The van der Waals surface area contributed by atoms with Crippen LogP contribution in [0.15, 0.2) is 18.3 Å². The number of pyridine rings is 1. The smallest absolute Gasteiger partial charge is 0.254 e. The third-order valence-corrected chi connectivity index (χ3v) is 5.30. The van der Waals surface area contributed by atoms with Crippen molar-refractivity contribution in [1.29, 1.82) is 0 Å². The molecule has 22 heavy (non-hydrogen) atoms. The van der Waals surface area contributed by atoms with Crippen LogP contribution in [0.3, 0.4) is 0 Å². The number of likely N-dealkylation sites (tertiary alicyclic amines) is 1. The highest BCUT2D eigenvalue weighted by Crippen LogP contribution is 2.25. The number of hydrogen-bond donors (Lipinski definition) is 2. The molecule has 0 aromatic carbocycles. The van der Waals surface area contributed by atoms with E-state index in [0.29, 0.717) is 10.2 Å². The molecule has 2 aliphatic rings. The molecule has 0 radical (unpaired) electrons. The number of rotatable bonds is 3. The molecule has 0 spiro atoms. The van der Waals surface area contributed by atoms with Gasteiger partial charge in [-0.2, -0.15) is 0 Å². The van der Waals surface area contributed by atoms with Gasteiger partial charge in [0.1, 0.15) is 4.64 Å². The number of nitrogens with one attached hydrogen (secondary N) is 2. The zero-order valence-electron chi connectivity index (χ0n) is 13.0. The van der Waals surface area contributed by atoms with Gasteiger partial charge in [0.25, 0.3) is 5.91 Å². The predicted octanol–water partition coefficient (Wildman–Crippen LogP) is 3.27. The second-order valence-corrected chi connectivity index (χ2v) is 6.92. The van der Waals surface area contributed by atoms with Crippen LogP contribution >= 0.6 is 12.2 Å². The van der Waals surface area contributed by atoms with Gasteiger partial charge in [-0.1, -0.05) is 37.9 Å². The Bertz CT molecular complexity index is 563. The van der Waals surface area contributed by atoms with Crippen LogP contribution in [-0.2, 0) is 0 Å². The third kappa shape index (κ3) is 3.76. The number of nitrogens with zero attached hydrogens (tertiary/aromatic N) is 1. The normalized spacial score (nSPS) is 24.1. The lowest BCUT2D eigenvalue weighted by Crippen LogP contribution is -2.39. The van der Waals surface area contributed by atoms with Crippen LogP contribution in [0.2, 0.25) is 0 Å². The van der Waals surface area contributed by atoms with Gasteiger partial charge in [0.2, 0.25) is 0 Å². The minimum Gasteiger partial charge on any atom is -0.352 e. The minimum atomic E-state index is -0.0467. The van der Waals surface area contributed by atoms with E-state index in [1.165, 1.54) is 38.5 Å². The van der Waals surface area contributed by atoms with E-state index in [1.54, 1.807) is 12.3 Å². The van der Waals surface area contributed by atoms with Crippen molar-refractivity contribution in [1.82, 2.24) is 15.2 Å². The molecule has 2 N–H and O–H groups in total. The molecule has 4 nitrogen and oxygen atoms in total. The molecular formula is C17H25N3OS. The summed E-state index contributed by atoms with van der Waals surface area (Å²) in [7, 11) is 0. The predicted molar refractivity (Wildman–Crippen MR) is 90.6 cm³/mol. The van der Waals surface area contributed by atoms with Crippen LogP contribution in [0.25, 0.3) is 0 Å². The summed E-state index contributed by atoms with van der Waals surface area (Å²) < 4.78 is 0.513. The highest BCUT2D eigenvalue weighted by atomic mass is 32.1. The van der Waals surface area contributed by atoms with E-state index in [2.05, 4.69) is 15.2 Å². The molecule has 1 atom stereocenters. The molecule has 1 unspecified atom stereocenters. The van der Waals surface area contributed by atoms with E-state index in [0.717, 1.165) is 25.6 Å². The summed E-state index contributed by atoms with van der Waals surface area (Å²) in [6.45, 7) is 2.09. The number of H-pyrrole nitrogens is 1. The van der Waals surface area contributed by atoms with E-state index in [-0.39, 0.29) is 11.9 Å². The van der Waals surface area contributed by atoms with E-state index in [1.807, 2.05) is 6.07 Å². The monoisotopic (exact) mass is 319 g/mol. The molecule has 2 fully saturated rings. The largest absolute Gasteiger partial charge is 0.352 e. The van der Waals surface area contributed by atoms with Gasteiger partial charge >= 0.3 is 0 Å². The maximum absolute atomic E-state index is 12.3. The molecular weight excluding hydrogens is 294 g/mol. The van der Waals surface area contributed by atoms with Crippen molar-refractivity contribution < 1.29 is 4.79 Å². The van der Waals surface area contributed by atoms with Crippen molar-refractivity contribution in [2.75, 3.05) is 13.1 Å². The fourth-order valence-corrected chi connectivity index (χ4v) is 3.95. The molecule has 1 saturated carbocycles. The average Bonchev–Trinajstić information content (AvgIpc) is 2.81. The first-order chi connectivity index (χ1) is 10.7. The summed E-state index contributed by atoms with van der Waals surface area (Å²) in [5.41, 5.74) is 0.574. The van der Waals surface area contributed by atoms with Crippen LogP contribution in [0.1, 0.15) is 55.3 Å². The Morgan fingerprint density at radius 1 is 1.23 bits per heavy atom. The Hall–Kier alpha value is -1.20. The average molecular weight is 319 g/mol. The Morgan fingerprint density at radius 3 is 2.73 bits per heavy atom. The molecule has 1 saturated heterocycles. The van der Waals surface area contributed by atoms with Gasteiger partial charge in [0.15, 0.2) is 0 Å². The summed E-state index contributed by atoms with van der Waals surface area (Å²) in [5, 5.41) is 3.15. The molecule has 2 heterocycles. The molecule has 3 rings (SSSR count). The van der Waals surface area contributed by atoms with Crippen LogP contribution < -0.4 is 5.32 Å². The number of aromatic nitrogens is 1. The van der Waals surface area contributed by atoms with Gasteiger partial charge in [-0.3, -0.25) is 9.69 Å². The Labute approximate surface area is 137 Å². The number of carbonyl (C=O) groups excluding carboxylic acids is 1. The van der Waals surface area contributed by atoms with Crippen molar-refractivity contribution in [3.63, 3.8) is 0 Å². The summed E-state index contributed by atoms with van der Waals surface area (Å²) in [6, 6.07) is 4.58. The lowest BCUT2D eigenvalue weighted by atomic mass is 10.1. The maximum Gasteiger partial charge on any atom is 0.254 e. The molecule has 1 aliphatic heterocycles. The minimum absolute atomic E-state index is 0.0467. The van der Waals surface area contributed by atoms with Crippen molar-refractivity contribution in [2.45, 2.75) is 57.0 Å². The van der Waals surface area contributed by atoms with Crippen LogP contribution in [-0.4, -0.2) is 41.0 Å². The number of carbonyl (C=O) groups is 1. The van der Waals surface area contributed by atoms with E-state index < -0.39 is 0 Å². The molecule has 5 heteroatoms. The molecule has 1 aliphatic carbocycles. The van der Waals surface area contributed by atoms with Crippen molar-refractivity contribution in [2.24, 2.45) is 0 Å². The first-order valence-corrected chi connectivity index (χ1v) is 8.87. The third-order valence-electron chi connectivity index (χ3n) is 4.96. The molecule has 1 aromatic rings. The van der Waals surface area contributed by atoms with Gasteiger partial charge in [-0.05, 0) is 31.4 Å². The summed E-state index contributed by atoms with van der Waals surface area (Å²) in [5.74, 6) is -0.0467. The van der Waals surface area contributed by atoms with E-state index >= 15 is 0 Å². The lowest BCUT2D eigenvalue weighted by molar-refractivity contribution is 0.0934. The van der Waals surface area contributed by atoms with Gasteiger partial charge in [0, 0.05) is 31.4 Å². The maximum atomic E-state index is 12.3. The van der Waals surface area contributed by atoms with Gasteiger partial charge in [-0.15, -0.1) is 0 Å². The topological polar surface area (TPSA) is 48.1 Å². The number of hydrogen-bond acceptors (Lipinski definition) is 3. The highest BCUT2D eigenvalue weighted by Gasteiger charge is 2.29. The first kappa shape index (κ1) is 15.7. The highest BCUT2D eigenvalue weighted by molar-refractivity contribution is 7.71. The lowest BCUT2D eigenvalue weighted by Gasteiger charge is -2.26. The van der Waals surface area contributed by atoms with Crippen molar-refractivity contribution in [3.8, 4) is 0 Å². The number of amides is 1. The van der Waals surface area contributed by atoms with Crippen LogP contribution in [0, 0.1) is 4.64 Å². The molecule has 120 valence electrons. The Morgan fingerprint density at radius 2 is 2.00 bits per heavy atom. The zero-order valence-corrected chi connectivity index (χ0v) is 13.8. The van der Waals surface area contributed by atoms with Crippen molar-refractivity contribution in [3.05, 3.63) is 28.5 Å². The zero-order chi connectivity index (χ0) is 15.4. The summed E-state index contributed by atoms with van der Waals surface area (Å²) >= 11 is 5.18. The second-order valence-electron chi connectivity index (χ2n) is 6.51. The Kier molecular flexibility index (Phi) is 5.26. The van der Waals surface area contributed by atoms with Gasteiger partial charge in [-0.25, -0.2) is 0 Å². The van der Waals surface area contributed by atoms with Crippen molar-refractivity contribution >= 4 is 18.1 Å². The van der Waals surface area contributed by atoms with E-state index in [4.69, 9.17) is 12.2 Å². The fraction of sp³-hybridized carbons (Fsp3) is 0.647. The second kappa shape index (κ2) is 7.38. The standard InChI is InChI=1S/C17H25N3OS/c21-16(15-8-5-10-18-17(15)22)19-13-9-11-20(12-13)14-6-3-1-2-4-7-14/h5,8,10,13-14H,1-4,6-7,9,11-12H2,(H,18,22)(H,19,21). The van der Waals surface area contributed by atoms with Crippen LogP contribution in [0.4, 0.5) is 0 Å². The summed E-state index contributed by atoms with van der Waals surface area (Å²) in [4.78, 5) is 17.8. The first-order valence-electron chi connectivity index (χ1n) is 8.46. The van der Waals surface area contributed by atoms with E-state index in [9.17, 15) is 4.79 Å². The number of aromatic amines is 1. The molecule has 1 amide bonds. The Balaban J connectivity index is 1.55. The molecule has 0 bridgehead atoms. The van der Waals surface area contributed by atoms with Crippen LogP contribution in [0.5, 0.6) is 0 Å². The SMILES string of the molecule is O=C(NC1CCN(C2CCCCCC2)C1)c1ccc[nH]c1=S. The molecule has 1 aromatic heterocycles. The van der Waals surface area contributed by atoms with Gasteiger partial charge in [0.05, 0.1) is 5.56 Å². The summed E-state index contributed by atoms with van der Waals surface area (Å²) in [6.07, 6.45) is 10.9. The fourth-order valence-electron chi connectivity index (χ4n) is 3.72.